The van der Waals surface area contributed by atoms with E-state index in [0.717, 1.165) is 31.2 Å². The van der Waals surface area contributed by atoms with Crippen LogP contribution in [0.1, 0.15) is 90.2 Å². The van der Waals surface area contributed by atoms with Crippen LogP contribution < -0.4 is 0 Å². The van der Waals surface area contributed by atoms with Gasteiger partial charge in [0, 0.05) is 18.3 Å². The van der Waals surface area contributed by atoms with Crippen LogP contribution >= 0.6 is 0 Å². The van der Waals surface area contributed by atoms with Crippen molar-refractivity contribution in [3.63, 3.8) is 0 Å². The number of rotatable bonds is 4. The summed E-state index contributed by atoms with van der Waals surface area (Å²) >= 11 is 0. The SMILES string of the molecule is CC(=O)[C@@]1(C)CC[C@H]2[C@@H]3CC=C4C[C@](O)(OCc5ccc(C#N)cc5)CC[C@]4(C)[C@H]3CC[C@@]21C. The third-order valence-electron chi connectivity index (χ3n) is 11.1. The van der Waals surface area contributed by atoms with Crippen LogP contribution in [-0.2, 0) is 16.1 Å². The van der Waals surface area contributed by atoms with Crippen molar-refractivity contribution in [1.29, 1.82) is 5.26 Å². The van der Waals surface area contributed by atoms with E-state index in [-0.39, 0.29) is 16.2 Å². The number of ketones is 1. The van der Waals surface area contributed by atoms with Gasteiger partial charge in [-0.25, -0.2) is 0 Å². The monoisotopic (exact) mass is 461 g/mol. The molecule has 1 aromatic rings. The smallest absolute Gasteiger partial charge is 0.169 e. The highest BCUT2D eigenvalue weighted by molar-refractivity contribution is 5.83. The number of nitrogens with zero attached hydrogens (tertiary/aromatic N) is 1. The molecule has 4 aliphatic carbocycles. The Hall–Kier alpha value is -1.96. The molecule has 34 heavy (non-hydrogen) atoms. The van der Waals surface area contributed by atoms with E-state index in [0.29, 0.717) is 48.5 Å². The zero-order chi connectivity index (χ0) is 24.4. The minimum atomic E-state index is -1.13. The summed E-state index contributed by atoms with van der Waals surface area (Å²) in [6.45, 7) is 9.22. The van der Waals surface area contributed by atoms with Crippen LogP contribution in [0.25, 0.3) is 0 Å². The second-order valence-electron chi connectivity index (χ2n) is 12.4. The number of aliphatic hydroxyl groups is 1. The van der Waals surface area contributed by atoms with Gasteiger partial charge in [0.15, 0.2) is 5.79 Å². The number of carbonyl (C=O) groups excluding carboxylic acids is 1. The van der Waals surface area contributed by atoms with Crippen molar-refractivity contribution in [2.24, 2.45) is 34.0 Å². The lowest BCUT2D eigenvalue weighted by atomic mass is 9.45. The molecule has 1 aromatic carbocycles. The highest BCUT2D eigenvalue weighted by atomic mass is 16.6. The van der Waals surface area contributed by atoms with Crippen LogP contribution in [0.5, 0.6) is 0 Å². The summed E-state index contributed by atoms with van der Waals surface area (Å²) in [5.74, 6) is 1.12. The maximum atomic E-state index is 12.7. The van der Waals surface area contributed by atoms with Gasteiger partial charge in [-0.1, -0.05) is 44.6 Å². The Morgan fingerprint density at radius 3 is 2.47 bits per heavy atom. The lowest BCUT2D eigenvalue weighted by Gasteiger charge is -2.60. The predicted molar refractivity (Wildman–Crippen MR) is 131 cm³/mol. The van der Waals surface area contributed by atoms with E-state index in [1.54, 1.807) is 19.1 Å². The number of hydrogen-bond donors (Lipinski definition) is 1. The van der Waals surface area contributed by atoms with Gasteiger partial charge >= 0.3 is 0 Å². The number of benzene rings is 1. The summed E-state index contributed by atoms with van der Waals surface area (Å²) in [5, 5.41) is 20.3. The molecule has 0 spiro atoms. The minimum Gasteiger partial charge on any atom is -0.365 e. The van der Waals surface area contributed by atoms with Crippen molar-refractivity contribution in [1.82, 2.24) is 0 Å². The first kappa shape index (κ1) is 23.8. The van der Waals surface area contributed by atoms with E-state index in [1.807, 2.05) is 12.1 Å². The van der Waals surface area contributed by atoms with Crippen LogP contribution in [0.2, 0.25) is 0 Å². The van der Waals surface area contributed by atoms with Gasteiger partial charge in [0.05, 0.1) is 18.2 Å². The Morgan fingerprint density at radius 2 is 1.79 bits per heavy atom. The van der Waals surface area contributed by atoms with E-state index >= 15 is 0 Å². The summed E-state index contributed by atoms with van der Waals surface area (Å²) in [7, 11) is 0. The van der Waals surface area contributed by atoms with Crippen molar-refractivity contribution in [2.45, 2.75) is 91.5 Å². The maximum absolute atomic E-state index is 12.7. The molecule has 4 nitrogen and oxygen atoms in total. The summed E-state index contributed by atoms with van der Waals surface area (Å²) in [6, 6.07) is 9.52. The molecule has 0 aromatic heterocycles. The average Bonchev–Trinajstić information content (AvgIpc) is 3.11. The van der Waals surface area contributed by atoms with Gasteiger partial charge in [0.2, 0.25) is 0 Å². The maximum Gasteiger partial charge on any atom is 0.169 e. The Labute approximate surface area is 204 Å². The molecule has 7 atom stereocenters. The van der Waals surface area contributed by atoms with Crippen LogP contribution in [-0.4, -0.2) is 16.7 Å². The van der Waals surface area contributed by atoms with E-state index < -0.39 is 5.79 Å². The molecule has 0 radical (unpaired) electrons. The molecular weight excluding hydrogens is 422 g/mol. The molecule has 1 N–H and O–H groups in total. The van der Waals surface area contributed by atoms with Crippen LogP contribution in [0.4, 0.5) is 0 Å². The van der Waals surface area contributed by atoms with Crippen molar-refractivity contribution in [3.8, 4) is 6.07 Å². The highest BCUT2D eigenvalue weighted by Gasteiger charge is 2.64. The molecule has 0 aliphatic heterocycles. The number of nitriles is 1. The number of fused-ring (bicyclic) bond motifs is 5. The van der Waals surface area contributed by atoms with Crippen molar-refractivity contribution in [2.75, 3.05) is 0 Å². The molecule has 0 saturated heterocycles. The molecule has 4 heteroatoms. The highest BCUT2D eigenvalue weighted by Crippen LogP contribution is 2.70. The van der Waals surface area contributed by atoms with Gasteiger partial charge in [0.25, 0.3) is 0 Å². The lowest BCUT2D eigenvalue weighted by Crippen LogP contribution is -2.54. The molecule has 3 fully saturated rings. The summed E-state index contributed by atoms with van der Waals surface area (Å²) in [5.41, 5.74) is 3.02. The van der Waals surface area contributed by atoms with Gasteiger partial charge in [-0.15, -0.1) is 0 Å². The Morgan fingerprint density at radius 1 is 1.09 bits per heavy atom. The van der Waals surface area contributed by atoms with E-state index in [2.05, 4.69) is 32.9 Å². The molecule has 3 saturated carbocycles. The van der Waals surface area contributed by atoms with Crippen molar-refractivity contribution in [3.05, 3.63) is 47.0 Å². The summed E-state index contributed by atoms with van der Waals surface area (Å²) in [4.78, 5) is 12.7. The number of Topliss-reactive ketones (excluding diaryl/α,β-unsaturated/α-hetero) is 1. The third kappa shape index (κ3) is 3.42. The predicted octanol–water partition coefficient (Wildman–Crippen LogP) is 6.32. The third-order valence-corrected chi connectivity index (χ3v) is 11.1. The van der Waals surface area contributed by atoms with Gasteiger partial charge in [-0.05, 0) is 91.7 Å². The van der Waals surface area contributed by atoms with E-state index in [9.17, 15) is 9.90 Å². The second-order valence-corrected chi connectivity index (χ2v) is 12.4. The largest absolute Gasteiger partial charge is 0.365 e. The fourth-order valence-electron chi connectivity index (χ4n) is 8.48. The van der Waals surface area contributed by atoms with Crippen LogP contribution in [0.15, 0.2) is 35.9 Å². The van der Waals surface area contributed by atoms with Crippen LogP contribution in [0.3, 0.4) is 0 Å². The molecule has 5 rings (SSSR count). The Balaban J connectivity index is 1.33. The first-order chi connectivity index (χ1) is 16.0. The molecular formula is C30H39NO3. The molecule has 0 amide bonds. The number of carbonyl (C=O) groups is 1. The van der Waals surface area contributed by atoms with Crippen LogP contribution in [0, 0.1) is 45.3 Å². The van der Waals surface area contributed by atoms with Gasteiger partial charge < -0.3 is 9.84 Å². The van der Waals surface area contributed by atoms with Crippen molar-refractivity contribution < 1.29 is 14.6 Å². The zero-order valence-corrected chi connectivity index (χ0v) is 21.2. The molecule has 0 bridgehead atoms. The quantitative estimate of drug-likeness (QED) is 0.421. The topological polar surface area (TPSA) is 70.3 Å². The molecule has 4 aliphatic rings. The average molecular weight is 462 g/mol. The number of ether oxygens (including phenoxy) is 1. The minimum absolute atomic E-state index is 0.112. The number of hydrogen-bond acceptors (Lipinski definition) is 4. The van der Waals surface area contributed by atoms with E-state index in [4.69, 9.17) is 10.00 Å². The first-order valence-electron chi connectivity index (χ1n) is 13.1. The van der Waals surface area contributed by atoms with Gasteiger partial charge in [-0.2, -0.15) is 5.26 Å². The fraction of sp³-hybridized carbons (Fsp3) is 0.667. The first-order valence-corrected chi connectivity index (χ1v) is 13.1. The normalized spacial score (nSPS) is 43.2. The Kier molecular flexibility index (Phi) is 5.62. The number of allylic oxidation sites excluding steroid dienone is 1. The molecule has 0 unspecified atom stereocenters. The molecule has 182 valence electrons. The Bertz CT molecular complexity index is 1050. The molecule has 0 heterocycles. The van der Waals surface area contributed by atoms with Crippen molar-refractivity contribution >= 4 is 5.78 Å². The van der Waals surface area contributed by atoms with Gasteiger partial charge in [0.1, 0.15) is 5.78 Å². The summed E-state index contributed by atoms with van der Waals surface area (Å²) < 4.78 is 6.09. The summed E-state index contributed by atoms with van der Waals surface area (Å²) in [6.07, 6.45) is 10.2. The standard InChI is InChI=1S/C30H39NO3/c1-20(32)28(3)13-12-26-24-10-9-23-17-30(33,34-19-22-7-5-21(18-31)6-8-22)16-15-27(23,2)25(24)11-14-29(26,28)4/h5-9,24-26,33H,10-17,19H2,1-4H3/t24-,25+,26+,27+,28-,29+,30-/m1/s1. The van der Waals surface area contributed by atoms with E-state index in [1.165, 1.54) is 18.4 Å². The fourth-order valence-corrected chi connectivity index (χ4v) is 8.48. The lowest BCUT2D eigenvalue weighted by molar-refractivity contribution is -0.231. The second kappa shape index (κ2) is 8.04. The van der Waals surface area contributed by atoms with Gasteiger partial charge in [-0.3, -0.25) is 4.79 Å². The zero-order valence-electron chi connectivity index (χ0n) is 21.2.